The molecule has 2 fully saturated rings. The summed E-state index contributed by atoms with van der Waals surface area (Å²) in [6.45, 7) is 1.10. The average molecular weight is 388 g/mol. The molecule has 1 aromatic carbocycles. The fourth-order valence-corrected chi connectivity index (χ4v) is 4.39. The highest BCUT2D eigenvalue weighted by molar-refractivity contribution is 6.31. The maximum Gasteiger partial charge on any atom is 0.417 e. The molecule has 26 heavy (non-hydrogen) atoms. The number of alkyl halides is 3. The molecular formula is C17H13ClF3NO4. The van der Waals surface area contributed by atoms with Crippen molar-refractivity contribution < 1.29 is 32.6 Å². The van der Waals surface area contributed by atoms with E-state index >= 15 is 0 Å². The quantitative estimate of drug-likeness (QED) is 0.625. The van der Waals surface area contributed by atoms with Gasteiger partial charge in [0.2, 0.25) is 11.8 Å². The summed E-state index contributed by atoms with van der Waals surface area (Å²) in [5.41, 5.74) is -3.76. The third-order valence-corrected chi connectivity index (χ3v) is 5.65. The summed E-state index contributed by atoms with van der Waals surface area (Å²) in [7, 11) is 0. The van der Waals surface area contributed by atoms with Crippen LogP contribution in [0.2, 0.25) is 5.02 Å². The second-order valence-electron chi connectivity index (χ2n) is 6.86. The number of hydrogen-bond acceptors (Lipinski definition) is 4. The monoisotopic (exact) mass is 387 g/mol. The van der Waals surface area contributed by atoms with Crippen molar-refractivity contribution in [2.75, 3.05) is 11.5 Å². The van der Waals surface area contributed by atoms with E-state index in [-0.39, 0.29) is 5.69 Å². The maximum absolute atomic E-state index is 13.1. The van der Waals surface area contributed by atoms with Gasteiger partial charge in [0.25, 0.3) is 0 Å². The fraction of sp³-hybridized carbons (Fsp3) is 0.412. The van der Waals surface area contributed by atoms with Crippen molar-refractivity contribution >= 4 is 29.1 Å². The molecule has 4 atom stereocenters. The van der Waals surface area contributed by atoms with Crippen LogP contribution in [0.1, 0.15) is 12.5 Å². The lowest BCUT2D eigenvalue weighted by molar-refractivity contribution is -0.138. The van der Waals surface area contributed by atoms with Gasteiger partial charge in [-0.1, -0.05) is 23.8 Å². The van der Waals surface area contributed by atoms with Crippen molar-refractivity contribution in [1.29, 1.82) is 0 Å². The van der Waals surface area contributed by atoms with E-state index < -0.39 is 58.2 Å². The lowest BCUT2D eigenvalue weighted by atomic mass is 9.73. The molecule has 0 aliphatic carbocycles. The van der Waals surface area contributed by atoms with Crippen LogP contribution in [-0.2, 0) is 20.5 Å². The normalized spacial score (nSPS) is 35.5. The van der Waals surface area contributed by atoms with Crippen LogP contribution in [0, 0.1) is 11.8 Å². The van der Waals surface area contributed by atoms with Crippen LogP contribution < -0.4 is 4.90 Å². The van der Waals surface area contributed by atoms with Crippen LogP contribution in [0.5, 0.6) is 0 Å². The summed E-state index contributed by atoms with van der Waals surface area (Å²) in [6.07, 6.45) is -1.56. The summed E-state index contributed by atoms with van der Waals surface area (Å²) in [4.78, 5) is 26.5. The van der Waals surface area contributed by atoms with Crippen LogP contribution in [0.15, 0.2) is 30.4 Å². The van der Waals surface area contributed by atoms with Crippen molar-refractivity contribution in [1.82, 2.24) is 0 Å². The Balaban J connectivity index is 1.80. The van der Waals surface area contributed by atoms with Crippen molar-refractivity contribution in [3.63, 3.8) is 0 Å². The molecule has 0 unspecified atom stereocenters. The van der Waals surface area contributed by atoms with Crippen LogP contribution in [-0.4, -0.2) is 34.7 Å². The molecule has 2 amide bonds. The molecule has 5 nitrogen and oxygen atoms in total. The number of anilines is 1. The molecule has 1 N–H and O–H groups in total. The largest absolute Gasteiger partial charge is 0.417 e. The first kappa shape index (κ1) is 17.5. The summed E-state index contributed by atoms with van der Waals surface area (Å²) >= 11 is 5.61. The van der Waals surface area contributed by atoms with E-state index in [4.69, 9.17) is 16.3 Å². The number of carbonyl (C=O) groups is 2. The molecule has 4 rings (SSSR count). The van der Waals surface area contributed by atoms with Crippen LogP contribution in [0.4, 0.5) is 18.9 Å². The van der Waals surface area contributed by atoms with E-state index in [0.29, 0.717) is 6.07 Å². The van der Waals surface area contributed by atoms with Gasteiger partial charge in [-0.25, -0.2) is 4.90 Å². The molecule has 2 saturated heterocycles. The molecule has 9 heteroatoms. The van der Waals surface area contributed by atoms with E-state index in [9.17, 15) is 27.9 Å². The highest BCUT2D eigenvalue weighted by Gasteiger charge is 2.72. The number of nitrogens with zero attached hydrogens (tertiary/aromatic N) is 1. The second-order valence-corrected chi connectivity index (χ2v) is 7.27. The van der Waals surface area contributed by atoms with Gasteiger partial charge in [-0.15, -0.1) is 0 Å². The standard InChI is InChI=1S/C17H13ClF3NO4/c1-15-4-5-16(7-23,26-15)12-11(15)13(24)22(14(12)25)8-2-3-10(18)9(6-8)17(19,20)21/h2-6,11-12,23H,7H2,1H3/t11-,12-,15-,16-/m0/s1. The molecule has 0 saturated carbocycles. The van der Waals surface area contributed by atoms with Gasteiger partial charge in [0.05, 0.1) is 40.3 Å². The third-order valence-electron chi connectivity index (χ3n) is 5.32. The van der Waals surface area contributed by atoms with E-state index in [2.05, 4.69) is 0 Å². The van der Waals surface area contributed by atoms with Gasteiger partial charge in [-0.2, -0.15) is 13.2 Å². The van der Waals surface area contributed by atoms with Crippen LogP contribution >= 0.6 is 11.6 Å². The molecule has 0 aromatic heterocycles. The Bertz CT molecular complexity index is 870. The van der Waals surface area contributed by atoms with E-state index in [1.54, 1.807) is 19.1 Å². The lowest BCUT2D eigenvalue weighted by Crippen LogP contribution is -2.43. The number of amides is 2. The number of carbonyl (C=O) groups excluding carboxylic acids is 2. The van der Waals surface area contributed by atoms with Gasteiger partial charge >= 0.3 is 6.18 Å². The van der Waals surface area contributed by atoms with Gasteiger partial charge in [0, 0.05) is 0 Å². The Hall–Kier alpha value is -1.90. The van der Waals surface area contributed by atoms with Crippen molar-refractivity contribution in [3.8, 4) is 0 Å². The minimum atomic E-state index is -4.73. The predicted molar refractivity (Wildman–Crippen MR) is 84.4 cm³/mol. The van der Waals surface area contributed by atoms with E-state index in [0.717, 1.165) is 11.0 Å². The third kappa shape index (κ3) is 2.06. The topological polar surface area (TPSA) is 66.8 Å². The molecule has 3 aliphatic heterocycles. The molecule has 0 radical (unpaired) electrons. The number of hydrogen-bond donors (Lipinski definition) is 1. The summed E-state index contributed by atoms with van der Waals surface area (Å²) in [5.74, 6) is -3.24. The van der Waals surface area contributed by atoms with Gasteiger partial charge < -0.3 is 9.84 Å². The Labute approximate surface area is 151 Å². The SMILES string of the molecule is C[C@@]12C=C[C@@](CO)(O1)[C@@H]1C(=O)N(c3ccc(Cl)c(C(F)(F)F)c3)C(=O)[C@H]12. The number of benzene rings is 1. The minimum Gasteiger partial charge on any atom is -0.393 e. The van der Waals surface area contributed by atoms with Gasteiger partial charge in [0.15, 0.2) is 0 Å². The summed E-state index contributed by atoms with van der Waals surface area (Å²) < 4.78 is 45.1. The summed E-state index contributed by atoms with van der Waals surface area (Å²) in [6, 6.07) is 2.88. The van der Waals surface area contributed by atoms with E-state index in [1.807, 2.05) is 0 Å². The minimum absolute atomic E-state index is 0.206. The maximum atomic E-state index is 13.1. The van der Waals surface area contributed by atoms with E-state index in [1.165, 1.54) is 6.07 Å². The Morgan fingerprint density at radius 3 is 2.50 bits per heavy atom. The zero-order valence-corrected chi connectivity index (χ0v) is 14.1. The first-order valence-electron chi connectivity index (χ1n) is 7.80. The average Bonchev–Trinajstić information content (AvgIpc) is 3.13. The first-order chi connectivity index (χ1) is 12.0. The number of halogens is 4. The molecule has 138 valence electrons. The van der Waals surface area contributed by atoms with Crippen LogP contribution in [0.25, 0.3) is 0 Å². The van der Waals surface area contributed by atoms with Gasteiger partial charge in [0.1, 0.15) is 5.60 Å². The smallest absolute Gasteiger partial charge is 0.393 e. The second kappa shape index (κ2) is 5.09. The molecular weight excluding hydrogens is 375 g/mol. The van der Waals surface area contributed by atoms with Crippen molar-refractivity contribution in [2.24, 2.45) is 11.8 Å². The highest BCUT2D eigenvalue weighted by atomic mass is 35.5. The molecule has 3 heterocycles. The zero-order chi connectivity index (χ0) is 19.1. The number of aliphatic hydroxyl groups is 1. The van der Waals surface area contributed by atoms with Gasteiger partial charge in [-0.3, -0.25) is 9.59 Å². The molecule has 3 aliphatic rings. The summed E-state index contributed by atoms with van der Waals surface area (Å²) in [5, 5.41) is 9.20. The molecule has 2 bridgehead atoms. The predicted octanol–water partition coefficient (Wildman–Crippen LogP) is 2.55. The van der Waals surface area contributed by atoms with Crippen molar-refractivity contribution in [3.05, 3.63) is 40.9 Å². The fourth-order valence-electron chi connectivity index (χ4n) is 4.16. The Kier molecular flexibility index (Phi) is 3.43. The first-order valence-corrected chi connectivity index (χ1v) is 8.18. The number of imide groups is 1. The number of ether oxygens (including phenoxy) is 1. The van der Waals surface area contributed by atoms with Crippen LogP contribution in [0.3, 0.4) is 0 Å². The lowest BCUT2D eigenvalue weighted by Gasteiger charge is -2.27. The number of rotatable bonds is 2. The molecule has 0 spiro atoms. The zero-order valence-electron chi connectivity index (χ0n) is 13.4. The van der Waals surface area contributed by atoms with Crippen molar-refractivity contribution in [2.45, 2.75) is 24.3 Å². The molecule has 1 aromatic rings. The van der Waals surface area contributed by atoms with Gasteiger partial charge in [-0.05, 0) is 25.1 Å². The Morgan fingerprint density at radius 1 is 1.23 bits per heavy atom. The Morgan fingerprint density at radius 2 is 1.88 bits per heavy atom. The number of aliphatic hydroxyl groups excluding tert-OH is 1. The highest BCUT2D eigenvalue weighted by Crippen LogP contribution is 2.57. The number of fused-ring (bicyclic) bond motifs is 5.